The van der Waals surface area contributed by atoms with Crippen LogP contribution in [-0.4, -0.2) is 40.0 Å². The molecule has 0 bridgehead atoms. The minimum atomic E-state index is -0.991. The summed E-state index contributed by atoms with van der Waals surface area (Å²) in [6, 6.07) is 13.2. The molecule has 0 spiro atoms. The third-order valence-electron chi connectivity index (χ3n) is 4.14. The topological polar surface area (TPSA) is 87.2 Å². The van der Waals surface area contributed by atoms with Gasteiger partial charge >= 0.3 is 12.2 Å². The van der Waals surface area contributed by atoms with Crippen molar-refractivity contribution < 1.29 is 28.6 Å². The molecule has 1 aromatic carbocycles. The van der Waals surface area contributed by atoms with Crippen molar-refractivity contribution in [2.24, 2.45) is 0 Å². The number of rotatable bonds is 6. The van der Waals surface area contributed by atoms with Gasteiger partial charge in [0.15, 0.2) is 0 Å². The van der Waals surface area contributed by atoms with Gasteiger partial charge in [0, 0.05) is 6.20 Å². The van der Waals surface area contributed by atoms with Crippen LogP contribution in [0.25, 0.3) is 5.57 Å². The van der Waals surface area contributed by atoms with Crippen LogP contribution < -0.4 is 4.74 Å². The van der Waals surface area contributed by atoms with E-state index >= 15 is 0 Å². The monoisotopic (exact) mass is 470 g/mol. The van der Waals surface area contributed by atoms with Crippen LogP contribution >= 0.6 is 0 Å². The van der Waals surface area contributed by atoms with Crippen molar-refractivity contribution in [3.05, 3.63) is 66.0 Å². The summed E-state index contributed by atoms with van der Waals surface area (Å²) >= 11 is 0. The Balaban J connectivity index is 2.11. The predicted molar refractivity (Wildman–Crippen MR) is 129 cm³/mol. The number of nitrogens with zero attached hydrogens (tertiary/aromatic N) is 2. The van der Waals surface area contributed by atoms with E-state index in [1.54, 1.807) is 53.8 Å². The van der Waals surface area contributed by atoms with Gasteiger partial charge in [-0.3, -0.25) is 9.82 Å². The lowest BCUT2D eigenvalue weighted by atomic mass is 10.1. The van der Waals surface area contributed by atoms with Crippen molar-refractivity contribution in [3.8, 4) is 5.75 Å². The summed E-state index contributed by atoms with van der Waals surface area (Å²) in [5.41, 5.74) is 1.04. The van der Waals surface area contributed by atoms with Crippen LogP contribution in [0.3, 0.4) is 0 Å². The Bertz CT molecular complexity index is 990. The number of aromatic nitrogens is 1. The van der Waals surface area contributed by atoms with Gasteiger partial charge in [-0.1, -0.05) is 24.3 Å². The van der Waals surface area contributed by atoms with Gasteiger partial charge in [0.1, 0.15) is 23.6 Å². The Labute approximate surface area is 201 Å². The van der Waals surface area contributed by atoms with Crippen LogP contribution in [0.4, 0.5) is 9.59 Å². The Hall–Kier alpha value is -3.55. The second-order valence-electron chi connectivity index (χ2n) is 9.62. The number of hydrogen-bond donors (Lipinski definition) is 0. The number of amides is 1. The second-order valence-corrected chi connectivity index (χ2v) is 9.62. The first kappa shape index (κ1) is 26.7. The van der Waals surface area contributed by atoms with E-state index in [0.29, 0.717) is 12.4 Å². The first-order valence-electron chi connectivity index (χ1n) is 11.0. The molecule has 0 atom stereocenters. The minimum Gasteiger partial charge on any atom is -0.487 e. The van der Waals surface area contributed by atoms with Gasteiger partial charge in [0.2, 0.25) is 0 Å². The SMILES string of the molecule is C/C(=C\CN(OC(=O)OC(C)(C)C)C(=O)OC(C)(C)C)c1cccc(OCc2ccccn2)c1. The van der Waals surface area contributed by atoms with Crippen molar-refractivity contribution in [2.45, 2.75) is 66.3 Å². The number of benzene rings is 1. The van der Waals surface area contributed by atoms with Gasteiger partial charge in [0.05, 0.1) is 12.2 Å². The van der Waals surface area contributed by atoms with E-state index < -0.39 is 23.5 Å². The van der Waals surface area contributed by atoms with Gasteiger partial charge in [-0.15, -0.1) is 5.06 Å². The van der Waals surface area contributed by atoms with Gasteiger partial charge < -0.3 is 14.2 Å². The van der Waals surface area contributed by atoms with Crippen LogP contribution in [0.1, 0.15) is 59.7 Å². The molecule has 0 radical (unpaired) electrons. The van der Waals surface area contributed by atoms with Gasteiger partial charge in [-0.2, -0.15) is 0 Å². The Kier molecular flexibility index (Phi) is 9.06. The number of carbonyl (C=O) groups is 2. The molecule has 1 aromatic heterocycles. The molecule has 0 saturated carbocycles. The molecule has 0 aliphatic rings. The van der Waals surface area contributed by atoms with E-state index in [1.807, 2.05) is 49.4 Å². The maximum absolute atomic E-state index is 12.6. The molecule has 1 heterocycles. The van der Waals surface area contributed by atoms with Crippen molar-refractivity contribution in [1.29, 1.82) is 0 Å². The molecule has 8 nitrogen and oxygen atoms in total. The quantitative estimate of drug-likeness (QED) is 0.369. The zero-order valence-corrected chi connectivity index (χ0v) is 21.0. The molecule has 0 aliphatic carbocycles. The van der Waals surface area contributed by atoms with Gasteiger partial charge in [-0.25, -0.2) is 9.59 Å². The van der Waals surface area contributed by atoms with Crippen LogP contribution in [0.2, 0.25) is 0 Å². The Morgan fingerprint density at radius 1 is 0.971 bits per heavy atom. The molecule has 0 fully saturated rings. The van der Waals surface area contributed by atoms with Gasteiger partial charge in [0.25, 0.3) is 0 Å². The lowest BCUT2D eigenvalue weighted by Crippen LogP contribution is -2.39. The number of allylic oxidation sites excluding steroid dienone is 1. The fourth-order valence-corrected chi connectivity index (χ4v) is 2.63. The molecule has 0 aliphatic heterocycles. The minimum absolute atomic E-state index is 0.0288. The highest BCUT2D eigenvalue weighted by Crippen LogP contribution is 2.21. The van der Waals surface area contributed by atoms with Crippen LogP contribution in [0, 0.1) is 0 Å². The summed E-state index contributed by atoms with van der Waals surface area (Å²) in [5.74, 6) is 0.685. The Morgan fingerprint density at radius 2 is 1.68 bits per heavy atom. The summed E-state index contributed by atoms with van der Waals surface area (Å²) < 4.78 is 16.4. The average Bonchev–Trinajstić information content (AvgIpc) is 2.73. The predicted octanol–water partition coefficient (Wildman–Crippen LogP) is 6.17. The van der Waals surface area contributed by atoms with E-state index in [-0.39, 0.29) is 6.54 Å². The molecule has 8 heteroatoms. The number of ether oxygens (including phenoxy) is 3. The molecule has 0 saturated heterocycles. The summed E-state index contributed by atoms with van der Waals surface area (Å²) in [4.78, 5) is 34.2. The van der Waals surface area contributed by atoms with E-state index in [9.17, 15) is 9.59 Å². The molecule has 2 aromatic rings. The number of hydrogen-bond acceptors (Lipinski definition) is 7. The zero-order valence-electron chi connectivity index (χ0n) is 21.0. The summed E-state index contributed by atoms with van der Waals surface area (Å²) in [5, 5.41) is 0.838. The molecule has 0 unspecified atom stereocenters. The molecular weight excluding hydrogens is 436 g/mol. The largest absolute Gasteiger partial charge is 0.534 e. The summed E-state index contributed by atoms with van der Waals surface area (Å²) in [6.07, 6.45) is 1.69. The molecule has 34 heavy (non-hydrogen) atoms. The first-order chi connectivity index (χ1) is 15.8. The second kappa shape index (κ2) is 11.5. The van der Waals surface area contributed by atoms with Crippen LogP contribution in [0.15, 0.2) is 54.7 Å². The maximum Gasteiger partial charge on any atom is 0.534 e. The van der Waals surface area contributed by atoms with E-state index in [0.717, 1.165) is 21.9 Å². The average molecular weight is 471 g/mol. The van der Waals surface area contributed by atoms with Crippen molar-refractivity contribution in [1.82, 2.24) is 10.0 Å². The maximum atomic E-state index is 12.6. The molecule has 1 amide bonds. The lowest BCUT2D eigenvalue weighted by Gasteiger charge is -2.26. The molecular formula is C26H34N2O6. The highest BCUT2D eigenvalue weighted by molar-refractivity contribution is 5.71. The zero-order chi connectivity index (χ0) is 25.4. The lowest BCUT2D eigenvalue weighted by molar-refractivity contribution is -0.130. The highest BCUT2D eigenvalue weighted by Gasteiger charge is 2.27. The van der Waals surface area contributed by atoms with Crippen molar-refractivity contribution >= 4 is 17.8 Å². The smallest absolute Gasteiger partial charge is 0.487 e. The fraction of sp³-hybridized carbons (Fsp3) is 0.423. The number of pyridine rings is 1. The third-order valence-corrected chi connectivity index (χ3v) is 4.14. The molecule has 184 valence electrons. The fourth-order valence-electron chi connectivity index (χ4n) is 2.63. The summed E-state index contributed by atoms with van der Waals surface area (Å²) in [6.45, 7) is 12.5. The van der Waals surface area contributed by atoms with E-state index in [1.165, 1.54) is 0 Å². The van der Waals surface area contributed by atoms with E-state index in [4.69, 9.17) is 19.0 Å². The normalized spacial score (nSPS) is 12.0. The van der Waals surface area contributed by atoms with Gasteiger partial charge in [-0.05, 0) is 83.9 Å². The van der Waals surface area contributed by atoms with Crippen molar-refractivity contribution in [2.75, 3.05) is 6.54 Å². The molecule has 0 N–H and O–H groups in total. The van der Waals surface area contributed by atoms with E-state index in [2.05, 4.69) is 4.98 Å². The van der Waals surface area contributed by atoms with Crippen LogP contribution in [0.5, 0.6) is 5.75 Å². The standard InChI is InChI=1S/C26H34N2O6/c1-19(20-11-10-13-22(17-20)31-18-21-12-8-9-15-27-21)14-16-28(23(29)32-25(2,3)4)34-24(30)33-26(5,6)7/h8-15,17H,16,18H2,1-7H3/b19-14+. The third kappa shape index (κ3) is 9.94. The highest BCUT2D eigenvalue weighted by atomic mass is 16.8. The summed E-state index contributed by atoms with van der Waals surface area (Å²) in [7, 11) is 0. The molecule has 2 rings (SSSR count). The number of carbonyl (C=O) groups excluding carboxylic acids is 2. The van der Waals surface area contributed by atoms with Crippen molar-refractivity contribution in [3.63, 3.8) is 0 Å². The Morgan fingerprint density at radius 3 is 2.29 bits per heavy atom. The first-order valence-corrected chi connectivity index (χ1v) is 11.0. The van der Waals surface area contributed by atoms with Crippen LogP contribution in [-0.2, 0) is 20.9 Å². The number of hydroxylamine groups is 2.